The van der Waals surface area contributed by atoms with Crippen LogP contribution in [0.3, 0.4) is 0 Å². The van der Waals surface area contributed by atoms with Crippen LogP contribution < -0.4 is 5.73 Å². The standard InChI is InChI=1S/C18H29NO/c1-3-7-15-10-11-17(13-19)18(12-15)20-14(2)16-8-5-4-6-9-16/h4-6,8-9,14-15,17-18H,3,7,10-13,19H2,1-2H3. The van der Waals surface area contributed by atoms with Crippen LogP contribution in [0.15, 0.2) is 30.3 Å². The zero-order valence-corrected chi connectivity index (χ0v) is 12.9. The highest BCUT2D eigenvalue weighted by Gasteiger charge is 2.31. The van der Waals surface area contributed by atoms with Gasteiger partial charge in [0.05, 0.1) is 12.2 Å². The van der Waals surface area contributed by atoms with Crippen molar-refractivity contribution in [3.05, 3.63) is 35.9 Å². The summed E-state index contributed by atoms with van der Waals surface area (Å²) in [6, 6.07) is 10.5. The molecule has 0 aliphatic heterocycles. The van der Waals surface area contributed by atoms with E-state index in [0.29, 0.717) is 12.0 Å². The summed E-state index contributed by atoms with van der Waals surface area (Å²) in [5, 5.41) is 0. The zero-order valence-electron chi connectivity index (χ0n) is 12.9. The molecule has 0 spiro atoms. The van der Waals surface area contributed by atoms with Crippen LogP contribution in [0.2, 0.25) is 0 Å². The molecule has 1 saturated carbocycles. The fourth-order valence-corrected chi connectivity index (χ4v) is 3.45. The fraction of sp³-hybridized carbons (Fsp3) is 0.667. The van der Waals surface area contributed by atoms with Gasteiger partial charge >= 0.3 is 0 Å². The summed E-state index contributed by atoms with van der Waals surface area (Å²) < 4.78 is 6.38. The summed E-state index contributed by atoms with van der Waals surface area (Å²) in [5.74, 6) is 1.37. The zero-order chi connectivity index (χ0) is 14.4. The second kappa shape index (κ2) is 7.80. The van der Waals surface area contributed by atoms with Gasteiger partial charge in [0, 0.05) is 0 Å². The van der Waals surface area contributed by atoms with Crippen LogP contribution in [0.1, 0.15) is 57.6 Å². The van der Waals surface area contributed by atoms with Crippen LogP contribution in [0.25, 0.3) is 0 Å². The van der Waals surface area contributed by atoms with Crippen LogP contribution in [0, 0.1) is 11.8 Å². The summed E-state index contributed by atoms with van der Waals surface area (Å²) >= 11 is 0. The van der Waals surface area contributed by atoms with Gasteiger partial charge in [-0.15, -0.1) is 0 Å². The Balaban J connectivity index is 1.97. The number of hydrogen-bond acceptors (Lipinski definition) is 2. The Hall–Kier alpha value is -0.860. The SMILES string of the molecule is CCCC1CCC(CN)C(OC(C)c2ccccc2)C1. The van der Waals surface area contributed by atoms with Crippen LogP contribution in [-0.4, -0.2) is 12.6 Å². The molecular weight excluding hydrogens is 246 g/mol. The lowest BCUT2D eigenvalue weighted by molar-refractivity contribution is -0.0642. The van der Waals surface area contributed by atoms with Crippen LogP contribution in [0.5, 0.6) is 0 Å². The van der Waals surface area contributed by atoms with Crippen LogP contribution in [-0.2, 0) is 4.74 Å². The number of ether oxygens (including phenoxy) is 1. The average Bonchev–Trinajstić information content (AvgIpc) is 2.49. The molecule has 2 heteroatoms. The molecule has 0 saturated heterocycles. The Morgan fingerprint density at radius 1 is 1.25 bits per heavy atom. The molecular formula is C18H29NO. The minimum atomic E-state index is 0.163. The lowest BCUT2D eigenvalue weighted by Gasteiger charge is -2.37. The highest BCUT2D eigenvalue weighted by atomic mass is 16.5. The van der Waals surface area contributed by atoms with Gasteiger partial charge in [0.25, 0.3) is 0 Å². The quantitative estimate of drug-likeness (QED) is 0.839. The lowest BCUT2D eigenvalue weighted by atomic mass is 9.78. The van der Waals surface area contributed by atoms with Crippen molar-refractivity contribution in [3.63, 3.8) is 0 Å². The monoisotopic (exact) mass is 275 g/mol. The highest BCUT2D eigenvalue weighted by Crippen LogP contribution is 2.35. The topological polar surface area (TPSA) is 35.2 Å². The minimum absolute atomic E-state index is 0.163. The van der Waals surface area contributed by atoms with Crippen molar-refractivity contribution < 1.29 is 4.74 Å². The van der Waals surface area contributed by atoms with E-state index in [9.17, 15) is 0 Å². The predicted octanol–water partition coefficient (Wildman–Crippen LogP) is 4.31. The van der Waals surface area contributed by atoms with E-state index in [1.807, 2.05) is 0 Å². The number of rotatable bonds is 6. The van der Waals surface area contributed by atoms with Crippen molar-refractivity contribution >= 4 is 0 Å². The van der Waals surface area contributed by atoms with Gasteiger partial charge in [-0.3, -0.25) is 0 Å². The molecule has 1 aliphatic rings. The first-order valence-electron chi connectivity index (χ1n) is 8.15. The Kier molecular flexibility index (Phi) is 6.06. The molecule has 0 amide bonds. The minimum Gasteiger partial charge on any atom is -0.370 e. The molecule has 0 radical (unpaired) electrons. The third kappa shape index (κ3) is 4.07. The first-order valence-corrected chi connectivity index (χ1v) is 8.15. The molecule has 1 aromatic rings. The van der Waals surface area contributed by atoms with Gasteiger partial charge in [0.15, 0.2) is 0 Å². The summed E-state index contributed by atoms with van der Waals surface area (Å²) in [7, 11) is 0. The van der Waals surface area contributed by atoms with Crippen molar-refractivity contribution in [2.75, 3.05) is 6.54 Å². The number of hydrogen-bond donors (Lipinski definition) is 1. The smallest absolute Gasteiger partial charge is 0.0800 e. The van der Waals surface area contributed by atoms with Gasteiger partial charge in [-0.2, -0.15) is 0 Å². The molecule has 1 aromatic carbocycles. The largest absolute Gasteiger partial charge is 0.370 e. The maximum atomic E-state index is 6.38. The summed E-state index contributed by atoms with van der Waals surface area (Å²) in [6.45, 7) is 5.19. The molecule has 2 nitrogen and oxygen atoms in total. The Labute approximate surface area is 123 Å². The fourth-order valence-electron chi connectivity index (χ4n) is 3.45. The molecule has 2 N–H and O–H groups in total. The van der Waals surface area contributed by atoms with Gasteiger partial charge < -0.3 is 10.5 Å². The molecule has 20 heavy (non-hydrogen) atoms. The van der Waals surface area contributed by atoms with Gasteiger partial charge in [-0.25, -0.2) is 0 Å². The first-order chi connectivity index (χ1) is 9.74. The molecule has 0 bridgehead atoms. The predicted molar refractivity (Wildman–Crippen MR) is 84.5 cm³/mol. The van der Waals surface area contributed by atoms with E-state index < -0.39 is 0 Å². The normalized spacial score (nSPS) is 28.2. The van der Waals surface area contributed by atoms with Crippen molar-refractivity contribution in [3.8, 4) is 0 Å². The van der Waals surface area contributed by atoms with E-state index in [-0.39, 0.29) is 6.10 Å². The number of benzene rings is 1. The second-order valence-electron chi connectivity index (χ2n) is 6.19. The van der Waals surface area contributed by atoms with Gasteiger partial charge in [0.2, 0.25) is 0 Å². The van der Waals surface area contributed by atoms with E-state index in [1.165, 1.54) is 37.7 Å². The van der Waals surface area contributed by atoms with Crippen LogP contribution in [0.4, 0.5) is 0 Å². The first kappa shape index (κ1) is 15.5. The van der Waals surface area contributed by atoms with E-state index in [1.54, 1.807) is 0 Å². The van der Waals surface area contributed by atoms with E-state index in [4.69, 9.17) is 10.5 Å². The summed E-state index contributed by atoms with van der Waals surface area (Å²) in [6.07, 6.45) is 6.85. The Bertz CT molecular complexity index is 378. The molecule has 0 aromatic heterocycles. The third-order valence-electron chi connectivity index (χ3n) is 4.68. The third-order valence-corrected chi connectivity index (χ3v) is 4.68. The number of nitrogens with two attached hydrogens (primary N) is 1. The Morgan fingerprint density at radius 2 is 2.00 bits per heavy atom. The second-order valence-corrected chi connectivity index (χ2v) is 6.19. The van der Waals surface area contributed by atoms with E-state index >= 15 is 0 Å². The van der Waals surface area contributed by atoms with Gasteiger partial charge in [-0.05, 0) is 50.1 Å². The maximum Gasteiger partial charge on any atom is 0.0800 e. The molecule has 4 unspecified atom stereocenters. The molecule has 1 fully saturated rings. The maximum absolute atomic E-state index is 6.38. The lowest BCUT2D eigenvalue weighted by Crippen LogP contribution is -2.37. The average molecular weight is 275 g/mol. The molecule has 112 valence electrons. The molecule has 0 heterocycles. The van der Waals surface area contributed by atoms with E-state index in [2.05, 4.69) is 44.2 Å². The molecule has 2 rings (SSSR count). The molecule has 4 atom stereocenters. The summed E-state index contributed by atoms with van der Waals surface area (Å²) in [4.78, 5) is 0. The highest BCUT2D eigenvalue weighted by molar-refractivity contribution is 5.16. The van der Waals surface area contributed by atoms with Crippen molar-refractivity contribution in [2.24, 2.45) is 17.6 Å². The molecule has 1 aliphatic carbocycles. The summed E-state index contributed by atoms with van der Waals surface area (Å²) in [5.41, 5.74) is 7.21. The van der Waals surface area contributed by atoms with Gasteiger partial charge in [0.1, 0.15) is 0 Å². The van der Waals surface area contributed by atoms with Crippen molar-refractivity contribution in [2.45, 2.75) is 58.2 Å². The van der Waals surface area contributed by atoms with Crippen molar-refractivity contribution in [1.29, 1.82) is 0 Å². The van der Waals surface area contributed by atoms with E-state index in [0.717, 1.165) is 12.5 Å². The van der Waals surface area contributed by atoms with Gasteiger partial charge in [-0.1, -0.05) is 50.1 Å². The van der Waals surface area contributed by atoms with Crippen molar-refractivity contribution in [1.82, 2.24) is 0 Å². The Morgan fingerprint density at radius 3 is 2.65 bits per heavy atom. The van der Waals surface area contributed by atoms with Crippen LogP contribution >= 0.6 is 0 Å².